The van der Waals surface area contributed by atoms with Crippen LogP contribution in [0.5, 0.6) is 11.5 Å². The van der Waals surface area contributed by atoms with Crippen LogP contribution >= 0.6 is 0 Å². The summed E-state index contributed by atoms with van der Waals surface area (Å²) in [6.45, 7) is -0.0534. The lowest BCUT2D eigenvalue weighted by Gasteiger charge is -2.06. The molecule has 1 heterocycles. The number of hydrogen-bond acceptors (Lipinski definition) is 6. The lowest BCUT2D eigenvalue weighted by atomic mass is 10.1. The van der Waals surface area contributed by atoms with Crippen LogP contribution in [0.3, 0.4) is 0 Å². The van der Waals surface area contributed by atoms with Crippen LogP contribution in [0.15, 0.2) is 42.5 Å². The molecule has 0 saturated heterocycles. The molecule has 2 N–H and O–H groups in total. The van der Waals surface area contributed by atoms with Crippen LogP contribution in [-0.4, -0.2) is 23.5 Å². The summed E-state index contributed by atoms with van der Waals surface area (Å²) >= 11 is 0. The first-order valence-electron chi connectivity index (χ1n) is 7.56. The molecule has 0 saturated carbocycles. The molecule has 0 unspecified atom stereocenters. The summed E-state index contributed by atoms with van der Waals surface area (Å²) in [5.41, 5.74) is 3.70. The quantitative estimate of drug-likeness (QED) is 0.480. The molecule has 0 aromatic heterocycles. The van der Waals surface area contributed by atoms with Crippen LogP contribution in [0.2, 0.25) is 0 Å². The smallest absolute Gasteiger partial charge is 0.280 e. The highest BCUT2D eigenvalue weighted by Gasteiger charge is 2.22. The number of nitrogens with zero attached hydrogens (tertiary/aromatic N) is 1. The van der Waals surface area contributed by atoms with Gasteiger partial charge in [0, 0.05) is 6.08 Å². The van der Waals surface area contributed by atoms with Crippen molar-refractivity contribution in [1.82, 2.24) is 10.9 Å². The van der Waals surface area contributed by atoms with Crippen molar-refractivity contribution in [2.45, 2.75) is 0 Å². The minimum atomic E-state index is -0.844. The number of ether oxygens (including phenoxy) is 2. The van der Waals surface area contributed by atoms with E-state index in [1.807, 2.05) is 5.43 Å². The molecule has 0 bridgehead atoms. The summed E-state index contributed by atoms with van der Waals surface area (Å²) in [4.78, 5) is 34.2. The Morgan fingerprint density at radius 3 is 2.56 bits per heavy atom. The predicted molar refractivity (Wildman–Crippen MR) is 90.3 cm³/mol. The fourth-order valence-electron chi connectivity index (χ4n) is 2.28. The summed E-state index contributed by atoms with van der Waals surface area (Å²) in [5.74, 6) is -1.81. The Morgan fingerprint density at radius 2 is 1.85 bits per heavy atom. The number of halogens is 1. The van der Waals surface area contributed by atoms with Crippen LogP contribution in [0.1, 0.15) is 15.9 Å². The van der Waals surface area contributed by atoms with Crippen LogP contribution < -0.4 is 20.3 Å². The Balaban J connectivity index is 1.68. The third-order valence-electron chi connectivity index (χ3n) is 3.55. The number of carbonyl (C=O) groups excluding carboxylic acids is 2. The van der Waals surface area contributed by atoms with Crippen molar-refractivity contribution in [3.8, 4) is 11.5 Å². The van der Waals surface area contributed by atoms with E-state index in [0.29, 0.717) is 5.75 Å². The number of fused-ring (bicyclic) bond motifs is 1. The fourth-order valence-corrected chi connectivity index (χ4v) is 2.28. The molecule has 0 radical (unpaired) electrons. The zero-order chi connectivity index (χ0) is 19.4. The summed E-state index contributed by atoms with van der Waals surface area (Å²) < 4.78 is 23.7. The molecule has 0 spiro atoms. The SMILES string of the molecule is O=C(/C=C/c1cc2c(cc1[N+](=O)[O-])OCO2)NNC(=O)c1ccccc1F. The number of nitro groups is 1. The predicted octanol–water partition coefficient (Wildman–Crippen LogP) is 1.94. The molecule has 1 aliphatic rings. The second-order valence-corrected chi connectivity index (χ2v) is 5.28. The van der Waals surface area contributed by atoms with Crippen molar-refractivity contribution in [3.63, 3.8) is 0 Å². The van der Waals surface area contributed by atoms with Gasteiger partial charge in [-0.2, -0.15) is 0 Å². The summed E-state index contributed by atoms with van der Waals surface area (Å²) in [6, 6.07) is 7.81. The number of hydrogen-bond donors (Lipinski definition) is 2. The van der Waals surface area contributed by atoms with Gasteiger partial charge in [0.15, 0.2) is 11.5 Å². The Bertz CT molecular complexity index is 960. The molecule has 27 heavy (non-hydrogen) atoms. The van der Waals surface area contributed by atoms with E-state index in [1.54, 1.807) is 0 Å². The van der Waals surface area contributed by atoms with Crippen molar-refractivity contribution in [1.29, 1.82) is 0 Å². The number of hydrazine groups is 1. The van der Waals surface area contributed by atoms with Crippen molar-refractivity contribution in [2.24, 2.45) is 0 Å². The molecule has 10 heteroatoms. The van der Waals surface area contributed by atoms with Crippen LogP contribution in [0.4, 0.5) is 10.1 Å². The van der Waals surface area contributed by atoms with E-state index < -0.39 is 22.6 Å². The van der Waals surface area contributed by atoms with Crippen molar-refractivity contribution in [2.75, 3.05) is 6.79 Å². The normalized spacial score (nSPS) is 12.0. The maximum atomic E-state index is 13.5. The largest absolute Gasteiger partial charge is 0.454 e. The van der Waals surface area contributed by atoms with E-state index in [4.69, 9.17) is 9.47 Å². The van der Waals surface area contributed by atoms with Gasteiger partial charge < -0.3 is 9.47 Å². The Labute approximate surface area is 151 Å². The van der Waals surface area contributed by atoms with Gasteiger partial charge >= 0.3 is 0 Å². The van der Waals surface area contributed by atoms with Gasteiger partial charge in [0.1, 0.15) is 5.82 Å². The van der Waals surface area contributed by atoms with E-state index in [0.717, 1.165) is 12.1 Å². The van der Waals surface area contributed by atoms with Crippen molar-refractivity contribution < 1.29 is 28.4 Å². The maximum Gasteiger partial charge on any atom is 0.280 e. The molecule has 0 fully saturated rings. The molecule has 138 valence electrons. The molecular formula is C17H12FN3O6. The number of nitro benzene ring substituents is 1. The molecule has 1 aliphatic heterocycles. The maximum absolute atomic E-state index is 13.5. The van der Waals surface area contributed by atoms with Gasteiger partial charge in [-0.1, -0.05) is 12.1 Å². The van der Waals surface area contributed by atoms with E-state index in [2.05, 4.69) is 5.43 Å². The number of nitrogens with one attached hydrogen (secondary N) is 2. The van der Waals surface area contributed by atoms with E-state index in [1.165, 1.54) is 36.4 Å². The molecule has 2 aromatic carbocycles. The highest BCUT2D eigenvalue weighted by molar-refractivity contribution is 5.98. The zero-order valence-electron chi connectivity index (χ0n) is 13.6. The highest BCUT2D eigenvalue weighted by atomic mass is 19.1. The highest BCUT2D eigenvalue weighted by Crippen LogP contribution is 2.38. The first-order chi connectivity index (χ1) is 13.0. The monoisotopic (exact) mass is 373 g/mol. The topological polar surface area (TPSA) is 120 Å². The first kappa shape index (κ1) is 17.9. The third-order valence-corrected chi connectivity index (χ3v) is 3.55. The minimum Gasteiger partial charge on any atom is -0.454 e. The Kier molecular flexibility index (Phi) is 4.97. The van der Waals surface area contributed by atoms with Gasteiger partial charge in [-0.15, -0.1) is 0 Å². The van der Waals surface area contributed by atoms with Crippen molar-refractivity contribution in [3.05, 3.63) is 69.5 Å². The summed E-state index contributed by atoms with van der Waals surface area (Å²) in [6.07, 6.45) is 2.16. The van der Waals surface area contributed by atoms with E-state index in [-0.39, 0.29) is 29.4 Å². The Hall–Kier alpha value is -3.95. The number of rotatable bonds is 4. The van der Waals surface area contributed by atoms with Crippen LogP contribution in [0, 0.1) is 15.9 Å². The molecule has 0 aliphatic carbocycles. The van der Waals surface area contributed by atoms with E-state index >= 15 is 0 Å². The van der Waals surface area contributed by atoms with E-state index in [9.17, 15) is 24.1 Å². The average molecular weight is 373 g/mol. The standard InChI is InChI=1S/C17H12FN3O6/c18-12-4-2-1-3-11(12)17(23)20-19-16(22)6-5-10-7-14-15(27-9-26-14)8-13(10)21(24)25/h1-8H,9H2,(H,19,22)(H,20,23)/b6-5+. The summed E-state index contributed by atoms with van der Waals surface area (Å²) in [7, 11) is 0. The molecule has 3 rings (SSSR count). The summed E-state index contributed by atoms with van der Waals surface area (Å²) in [5, 5.41) is 11.2. The molecule has 9 nitrogen and oxygen atoms in total. The molecule has 2 aromatic rings. The molecule has 0 atom stereocenters. The second kappa shape index (κ2) is 7.52. The van der Waals surface area contributed by atoms with Gasteiger partial charge in [-0.25, -0.2) is 4.39 Å². The lowest BCUT2D eigenvalue weighted by Crippen LogP contribution is -2.41. The van der Waals surface area contributed by atoms with Gasteiger partial charge in [-0.3, -0.25) is 30.6 Å². The number of carbonyl (C=O) groups is 2. The number of benzene rings is 2. The van der Waals surface area contributed by atoms with Gasteiger partial charge in [0.25, 0.3) is 17.5 Å². The minimum absolute atomic E-state index is 0.0534. The lowest BCUT2D eigenvalue weighted by molar-refractivity contribution is -0.385. The third kappa shape index (κ3) is 4.00. The average Bonchev–Trinajstić information content (AvgIpc) is 3.11. The van der Waals surface area contributed by atoms with Gasteiger partial charge in [0.2, 0.25) is 6.79 Å². The van der Waals surface area contributed by atoms with Crippen LogP contribution in [-0.2, 0) is 4.79 Å². The van der Waals surface area contributed by atoms with Gasteiger partial charge in [-0.05, 0) is 24.3 Å². The van der Waals surface area contributed by atoms with Crippen LogP contribution in [0.25, 0.3) is 6.08 Å². The fraction of sp³-hybridized carbons (Fsp3) is 0.0588. The zero-order valence-corrected chi connectivity index (χ0v) is 13.6. The molecule has 2 amide bonds. The van der Waals surface area contributed by atoms with Crippen molar-refractivity contribution >= 4 is 23.6 Å². The first-order valence-corrected chi connectivity index (χ1v) is 7.56. The second-order valence-electron chi connectivity index (χ2n) is 5.28. The Morgan fingerprint density at radius 1 is 1.15 bits per heavy atom. The molecular weight excluding hydrogens is 361 g/mol. The number of amides is 2. The van der Waals surface area contributed by atoms with Gasteiger partial charge in [0.05, 0.1) is 22.1 Å².